The van der Waals surface area contributed by atoms with Crippen LogP contribution in [0.1, 0.15) is 27.3 Å². The van der Waals surface area contributed by atoms with Crippen LogP contribution in [0.25, 0.3) is 10.2 Å². The molecule has 250 valence electrons. The van der Waals surface area contributed by atoms with Gasteiger partial charge in [-0.25, -0.2) is 4.98 Å². The van der Waals surface area contributed by atoms with Crippen molar-refractivity contribution in [2.45, 2.75) is 56.6 Å². The third-order valence-corrected chi connectivity index (χ3v) is 9.68. The second kappa shape index (κ2) is 16.0. The fourth-order valence-corrected chi connectivity index (χ4v) is 7.08. The average molecular weight is 674 g/mol. The lowest BCUT2D eigenvalue weighted by Gasteiger charge is -2.49. The molecule has 1 aliphatic heterocycles. The van der Waals surface area contributed by atoms with Crippen LogP contribution in [0.4, 0.5) is 0 Å². The van der Waals surface area contributed by atoms with Gasteiger partial charge >= 0.3 is 0 Å². The molecule has 7 nitrogen and oxygen atoms in total. The number of nitrogens with zero attached hydrogens (tertiary/aromatic N) is 1. The fourth-order valence-electron chi connectivity index (χ4n) is 6.05. The number of ether oxygens (including phenoxy) is 5. The third-order valence-electron chi connectivity index (χ3n) is 8.54. The summed E-state index contributed by atoms with van der Waals surface area (Å²) in [6.45, 7) is 1.30. The standard InChI is InChI=1S/C41H39NO6S/c43-41(40-42-34-23-13-14-24-36(34)49-40)39(47-28-33-21-11-4-12-22-33)38(46-27-32-19-9-3-10-20-32)37(45-26-31-17-7-2-8-18-31)35(48-41)29-44-25-30-15-5-1-6-16-30/h1-24,35,37-39,43H,25-29H2/t35-,37-,38+,39-,41-/m1/s1. The highest BCUT2D eigenvalue weighted by Crippen LogP contribution is 2.44. The molecular formula is C41H39NO6S. The molecule has 2 heterocycles. The predicted octanol–water partition coefficient (Wildman–Crippen LogP) is 7.81. The quantitative estimate of drug-likeness (QED) is 0.126. The molecule has 0 aliphatic carbocycles. The van der Waals surface area contributed by atoms with E-state index < -0.39 is 30.2 Å². The SMILES string of the molecule is O[C@@]1(c2nc3ccccc3s2)O[C@H](COCc2ccccc2)[C@@H](OCc2ccccc2)[C@H](OCc2ccccc2)[C@H]1OCc1ccccc1. The van der Waals surface area contributed by atoms with Gasteiger partial charge in [0.05, 0.1) is 43.3 Å². The number of para-hydroxylation sites is 1. The van der Waals surface area contributed by atoms with Crippen LogP contribution >= 0.6 is 11.3 Å². The van der Waals surface area contributed by atoms with Crippen LogP contribution < -0.4 is 0 Å². The zero-order valence-electron chi connectivity index (χ0n) is 27.0. The van der Waals surface area contributed by atoms with Crippen molar-refractivity contribution < 1.29 is 28.8 Å². The monoisotopic (exact) mass is 673 g/mol. The van der Waals surface area contributed by atoms with Crippen LogP contribution in [0.5, 0.6) is 0 Å². The summed E-state index contributed by atoms with van der Waals surface area (Å²) in [5.41, 5.74) is 4.73. The number of aromatic nitrogens is 1. The maximum atomic E-state index is 12.8. The lowest BCUT2D eigenvalue weighted by Crippen LogP contribution is -2.65. The molecule has 1 aromatic heterocycles. The van der Waals surface area contributed by atoms with Crippen LogP contribution in [0.3, 0.4) is 0 Å². The number of fused-ring (bicyclic) bond motifs is 1. The highest BCUT2D eigenvalue weighted by atomic mass is 32.1. The van der Waals surface area contributed by atoms with Gasteiger partial charge < -0.3 is 28.8 Å². The van der Waals surface area contributed by atoms with Crippen LogP contribution in [-0.4, -0.2) is 41.1 Å². The molecule has 0 saturated carbocycles. The van der Waals surface area contributed by atoms with Gasteiger partial charge in [0.2, 0.25) is 5.79 Å². The van der Waals surface area contributed by atoms with E-state index in [1.165, 1.54) is 11.3 Å². The van der Waals surface area contributed by atoms with E-state index in [1.807, 2.05) is 146 Å². The molecule has 49 heavy (non-hydrogen) atoms. The van der Waals surface area contributed by atoms with Gasteiger partial charge in [-0.2, -0.15) is 0 Å². The van der Waals surface area contributed by atoms with E-state index in [0.717, 1.165) is 32.5 Å². The Morgan fingerprint density at radius 2 is 1.04 bits per heavy atom. The molecule has 1 N–H and O–H groups in total. The first-order valence-corrected chi connectivity index (χ1v) is 17.3. The molecular weight excluding hydrogens is 635 g/mol. The van der Waals surface area contributed by atoms with Crippen molar-refractivity contribution in [3.05, 3.63) is 173 Å². The lowest BCUT2D eigenvalue weighted by molar-refractivity contribution is -0.378. The number of aliphatic hydroxyl groups is 1. The van der Waals surface area contributed by atoms with Gasteiger partial charge in [-0.1, -0.05) is 133 Å². The van der Waals surface area contributed by atoms with Crippen molar-refractivity contribution in [3.63, 3.8) is 0 Å². The van der Waals surface area contributed by atoms with Crippen molar-refractivity contribution in [2.24, 2.45) is 0 Å². The Hall–Kier alpha value is -4.25. The van der Waals surface area contributed by atoms with Gasteiger partial charge in [0.1, 0.15) is 24.4 Å². The van der Waals surface area contributed by atoms with Crippen LogP contribution in [-0.2, 0) is 55.9 Å². The van der Waals surface area contributed by atoms with Gasteiger partial charge in [0, 0.05) is 0 Å². The van der Waals surface area contributed by atoms with Gasteiger partial charge in [-0.3, -0.25) is 0 Å². The van der Waals surface area contributed by atoms with Gasteiger partial charge in [-0.15, -0.1) is 11.3 Å². The van der Waals surface area contributed by atoms with Gasteiger partial charge in [0.15, 0.2) is 5.01 Å². The number of hydrogen-bond acceptors (Lipinski definition) is 8. The molecule has 1 aliphatic rings. The van der Waals surface area contributed by atoms with E-state index in [4.69, 9.17) is 28.7 Å². The number of benzene rings is 5. The predicted molar refractivity (Wildman–Crippen MR) is 190 cm³/mol. The van der Waals surface area contributed by atoms with E-state index in [-0.39, 0.29) is 19.8 Å². The molecule has 0 amide bonds. The third kappa shape index (κ3) is 8.15. The molecule has 1 fully saturated rings. The minimum Gasteiger partial charge on any atom is -0.374 e. The topological polar surface area (TPSA) is 79.3 Å². The summed E-state index contributed by atoms with van der Waals surface area (Å²) in [5.74, 6) is -1.98. The summed E-state index contributed by atoms with van der Waals surface area (Å²) in [5, 5.41) is 13.2. The Kier molecular flexibility index (Phi) is 10.8. The zero-order chi connectivity index (χ0) is 33.3. The van der Waals surface area contributed by atoms with Crippen LogP contribution in [0, 0.1) is 0 Å². The van der Waals surface area contributed by atoms with E-state index >= 15 is 0 Å². The number of thiazole rings is 1. The molecule has 0 unspecified atom stereocenters. The largest absolute Gasteiger partial charge is 0.374 e. The Morgan fingerprint density at radius 1 is 0.571 bits per heavy atom. The molecule has 0 radical (unpaired) electrons. The minimum atomic E-state index is -1.98. The Morgan fingerprint density at radius 3 is 1.59 bits per heavy atom. The molecule has 7 rings (SSSR count). The maximum Gasteiger partial charge on any atom is 0.250 e. The highest BCUT2D eigenvalue weighted by Gasteiger charge is 2.58. The smallest absolute Gasteiger partial charge is 0.250 e. The summed E-state index contributed by atoms with van der Waals surface area (Å²) in [7, 11) is 0. The van der Waals surface area contributed by atoms with Crippen LogP contribution in [0.2, 0.25) is 0 Å². The maximum absolute atomic E-state index is 12.8. The van der Waals surface area contributed by atoms with Gasteiger partial charge in [0.25, 0.3) is 0 Å². The summed E-state index contributed by atoms with van der Waals surface area (Å²) in [4.78, 5) is 4.87. The average Bonchev–Trinajstić information content (AvgIpc) is 3.60. The first-order chi connectivity index (χ1) is 24.2. The molecule has 0 bridgehead atoms. The summed E-state index contributed by atoms with van der Waals surface area (Å²) >= 11 is 1.38. The normalized spacial score (nSPS) is 22.3. The van der Waals surface area contributed by atoms with Crippen molar-refractivity contribution in [2.75, 3.05) is 6.61 Å². The molecule has 6 aromatic rings. The Labute approximate surface area is 290 Å². The van der Waals surface area contributed by atoms with Crippen molar-refractivity contribution in [1.82, 2.24) is 4.98 Å². The Bertz CT molecular complexity index is 1840. The molecule has 1 saturated heterocycles. The molecule has 5 atom stereocenters. The minimum absolute atomic E-state index is 0.137. The summed E-state index contributed by atoms with van der Waals surface area (Å²) < 4.78 is 34.2. The van der Waals surface area contributed by atoms with Crippen molar-refractivity contribution >= 4 is 21.6 Å². The number of hydrogen-bond donors (Lipinski definition) is 1. The lowest BCUT2D eigenvalue weighted by atomic mass is 9.91. The van der Waals surface area contributed by atoms with Gasteiger partial charge in [-0.05, 0) is 34.4 Å². The first-order valence-electron chi connectivity index (χ1n) is 16.5. The fraction of sp³-hybridized carbons (Fsp3) is 0.244. The highest BCUT2D eigenvalue weighted by molar-refractivity contribution is 7.18. The van der Waals surface area contributed by atoms with Crippen molar-refractivity contribution in [3.8, 4) is 0 Å². The zero-order valence-corrected chi connectivity index (χ0v) is 27.9. The van der Waals surface area contributed by atoms with E-state index in [9.17, 15) is 5.11 Å². The van der Waals surface area contributed by atoms with E-state index in [1.54, 1.807) is 0 Å². The molecule has 5 aromatic carbocycles. The summed E-state index contributed by atoms with van der Waals surface area (Å²) in [6, 6.07) is 47.6. The van der Waals surface area contributed by atoms with Crippen LogP contribution in [0.15, 0.2) is 146 Å². The first kappa shape index (κ1) is 33.3. The Balaban J connectivity index is 1.28. The summed E-state index contributed by atoms with van der Waals surface area (Å²) in [6.07, 6.45) is -3.19. The molecule has 0 spiro atoms. The molecule has 8 heteroatoms. The van der Waals surface area contributed by atoms with E-state index in [0.29, 0.717) is 18.2 Å². The van der Waals surface area contributed by atoms with Crippen molar-refractivity contribution in [1.29, 1.82) is 0 Å². The second-order valence-electron chi connectivity index (χ2n) is 12.1. The van der Waals surface area contributed by atoms with E-state index in [2.05, 4.69) is 0 Å². The second-order valence-corrected chi connectivity index (χ2v) is 13.1. The number of rotatable bonds is 14.